The SMILES string of the molecule is O=C(O)CCOCCOCCOCCOCCN(CCOCCOCCOCCOCCC(=O)O)C(=O)OC1CC/C=C\CCC1. The van der Waals surface area contributed by atoms with Crippen LogP contribution in [0, 0.1) is 0 Å². The molecule has 0 heterocycles. The lowest BCUT2D eigenvalue weighted by Crippen LogP contribution is -2.39. The predicted octanol–water partition coefficient (Wildman–Crippen LogP) is 2.40. The number of nitrogens with zero attached hydrogens (tertiary/aromatic N) is 1. The number of carbonyl (C=O) groups is 3. The second-order valence-electron chi connectivity index (χ2n) is 10.2. The molecule has 46 heavy (non-hydrogen) atoms. The van der Waals surface area contributed by atoms with Crippen LogP contribution >= 0.6 is 0 Å². The average molecular weight is 666 g/mol. The van der Waals surface area contributed by atoms with Crippen molar-refractivity contribution in [2.24, 2.45) is 0 Å². The van der Waals surface area contributed by atoms with E-state index in [1.54, 1.807) is 4.90 Å². The summed E-state index contributed by atoms with van der Waals surface area (Å²) in [5.41, 5.74) is 0. The second-order valence-corrected chi connectivity index (χ2v) is 10.2. The van der Waals surface area contributed by atoms with Gasteiger partial charge in [0.25, 0.3) is 0 Å². The molecule has 0 aliphatic heterocycles. The van der Waals surface area contributed by atoms with Gasteiger partial charge in [0, 0.05) is 13.1 Å². The highest BCUT2D eigenvalue weighted by molar-refractivity contribution is 5.68. The summed E-state index contributed by atoms with van der Waals surface area (Å²) in [4.78, 5) is 35.4. The van der Waals surface area contributed by atoms with Gasteiger partial charge in [-0.1, -0.05) is 12.2 Å². The third-order valence-corrected chi connectivity index (χ3v) is 6.41. The maximum atomic E-state index is 13.0. The summed E-state index contributed by atoms with van der Waals surface area (Å²) in [6.45, 7) is 6.16. The lowest BCUT2D eigenvalue weighted by atomic mass is 10.0. The highest BCUT2D eigenvalue weighted by atomic mass is 16.6. The number of hydrogen-bond acceptors (Lipinski definition) is 12. The maximum absolute atomic E-state index is 13.0. The van der Waals surface area contributed by atoms with E-state index in [1.165, 1.54) is 0 Å². The number of carboxylic acids is 2. The first-order chi connectivity index (χ1) is 22.5. The van der Waals surface area contributed by atoms with Crippen LogP contribution in [-0.2, 0) is 52.2 Å². The van der Waals surface area contributed by atoms with E-state index < -0.39 is 11.9 Å². The summed E-state index contributed by atoms with van der Waals surface area (Å²) < 4.78 is 49.1. The third-order valence-electron chi connectivity index (χ3n) is 6.41. The molecule has 0 radical (unpaired) electrons. The quantitative estimate of drug-likeness (QED) is 0.0815. The molecule has 0 saturated heterocycles. The molecule has 1 aliphatic rings. The molecule has 15 heteroatoms. The van der Waals surface area contributed by atoms with Gasteiger partial charge in [-0.05, 0) is 32.1 Å². The van der Waals surface area contributed by atoms with Gasteiger partial charge in [0.1, 0.15) is 6.10 Å². The van der Waals surface area contributed by atoms with Crippen molar-refractivity contribution in [2.45, 2.75) is 51.0 Å². The molecule has 0 fully saturated rings. The Hall–Kier alpha value is -2.37. The van der Waals surface area contributed by atoms with Crippen molar-refractivity contribution in [3.8, 4) is 0 Å². The first-order valence-electron chi connectivity index (χ1n) is 16.1. The van der Waals surface area contributed by atoms with Crippen molar-refractivity contribution in [1.29, 1.82) is 0 Å². The van der Waals surface area contributed by atoms with E-state index >= 15 is 0 Å². The van der Waals surface area contributed by atoms with Gasteiger partial charge in [-0.3, -0.25) is 9.59 Å². The Kier molecular flexibility index (Phi) is 28.3. The number of carboxylic acid groups (broad SMARTS) is 2. The van der Waals surface area contributed by atoms with Crippen LogP contribution < -0.4 is 0 Å². The number of amides is 1. The molecule has 1 amide bonds. The number of ether oxygens (including phenoxy) is 9. The van der Waals surface area contributed by atoms with Crippen LogP contribution in [0.5, 0.6) is 0 Å². The summed E-state index contributed by atoms with van der Waals surface area (Å²) in [7, 11) is 0. The van der Waals surface area contributed by atoms with E-state index in [-0.39, 0.29) is 38.3 Å². The Labute approximate surface area is 272 Å². The highest BCUT2D eigenvalue weighted by Gasteiger charge is 2.20. The monoisotopic (exact) mass is 665 g/mol. The molecule has 268 valence electrons. The molecule has 1 atom stereocenters. The molecule has 0 spiro atoms. The molecule has 0 bridgehead atoms. The standard InChI is InChI=1S/C31H55NO14/c33-29(34)8-12-38-16-20-42-24-26-44-22-18-40-14-10-32(31(37)46-28-6-4-2-1-3-5-7-28)11-15-41-19-23-45-27-25-43-21-17-39-13-9-30(35)36/h1-2,28H,3-27H2,(H,33,34)(H,35,36)/b2-1-. The minimum atomic E-state index is -0.893. The van der Waals surface area contributed by atoms with E-state index in [0.29, 0.717) is 106 Å². The van der Waals surface area contributed by atoms with Crippen LogP contribution in [0.4, 0.5) is 4.79 Å². The molecule has 0 aromatic rings. The van der Waals surface area contributed by atoms with Crippen molar-refractivity contribution in [3.05, 3.63) is 12.2 Å². The van der Waals surface area contributed by atoms with E-state index in [1.807, 2.05) is 0 Å². The number of hydrogen-bond donors (Lipinski definition) is 2. The maximum Gasteiger partial charge on any atom is 0.410 e. The Bertz CT molecular complexity index is 742. The van der Waals surface area contributed by atoms with Crippen LogP contribution in [0.15, 0.2) is 12.2 Å². The van der Waals surface area contributed by atoms with E-state index in [2.05, 4.69) is 12.2 Å². The second kappa shape index (κ2) is 31.2. The minimum Gasteiger partial charge on any atom is -0.481 e. The van der Waals surface area contributed by atoms with E-state index in [0.717, 1.165) is 32.1 Å². The van der Waals surface area contributed by atoms with Crippen molar-refractivity contribution < 1.29 is 67.2 Å². The topological polar surface area (TPSA) is 178 Å². The zero-order chi connectivity index (χ0) is 33.3. The van der Waals surface area contributed by atoms with E-state index in [9.17, 15) is 14.4 Å². The summed E-state index contributed by atoms with van der Waals surface area (Å²) >= 11 is 0. The molecule has 0 saturated carbocycles. The Morgan fingerprint density at radius 2 is 0.891 bits per heavy atom. The number of carbonyl (C=O) groups excluding carboxylic acids is 1. The van der Waals surface area contributed by atoms with Crippen LogP contribution in [0.2, 0.25) is 0 Å². The highest BCUT2D eigenvalue weighted by Crippen LogP contribution is 2.16. The largest absolute Gasteiger partial charge is 0.481 e. The predicted molar refractivity (Wildman–Crippen MR) is 165 cm³/mol. The summed E-state index contributed by atoms with van der Waals surface area (Å²) in [6.07, 6.45) is 8.30. The summed E-state index contributed by atoms with van der Waals surface area (Å²) in [6, 6.07) is 0. The van der Waals surface area contributed by atoms with Gasteiger partial charge in [-0.2, -0.15) is 0 Å². The van der Waals surface area contributed by atoms with Crippen molar-refractivity contribution >= 4 is 18.0 Å². The fraction of sp³-hybridized carbons (Fsp3) is 0.839. The van der Waals surface area contributed by atoms with Gasteiger partial charge >= 0.3 is 18.0 Å². The smallest absolute Gasteiger partial charge is 0.410 e. The van der Waals surface area contributed by atoms with E-state index in [4.69, 9.17) is 52.8 Å². The van der Waals surface area contributed by atoms with Crippen molar-refractivity contribution in [1.82, 2.24) is 4.90 Å². The molecule has 1 rings (SSSR count). The Morgan fingerprint density at radius 3 is 1.30 bits per heavy atom. The summed E-state index contributed by atoms with van der Waals surface area (Å²) in [5, 5.41) is 17.1. The molecule has 0 aromatic heterocycles. The lowest BCUT2D eigenvalue weighted by Gasteiger charge is -2.26. The zero-order valence-electron chi connectivity index (χ0n) is 27.2. The normalized spacial score (nSPS) is 15.6. The zero-order valence-corrected chi connectivity index (χ0v) is 27.2. The molecular formula is C31H55NO14. The fourth-order valence-corrected chi connectivity index (χ4v) is 3.95. The molecule has 0 aromatic carbocycles. The Balaban J connectivity index is 2.17. The third kappa shape index (κ3) is 27.9. The number of allylic oxidation sites excluding steroid dienone is 2. The van der Waals surface area contributed by atoms with Gasteiger partial charge in [-0.15, -0.1) is 0 Å². The average Bonchev–Trinajstić information content (AvgIpc) is 3.01. The van der Waals surface area contributed by atoms with Gasteiger partial charge in [0.15, 0.2) is 0 Å². The first-order valence-corrected chi connectivity index (χ1v) is 16.1. The Morgan fingerprint density at radius 1 is 0.522 bits per heavy atom. The van der Waals surface area contributed by atoms with Gasteiger partial charge in [0.2, 0.25) is 0 Å². The number of aliphatic carboxylic acids is 2. The van der Waals surface area contributed by atoms with Crippen LogP contribution in [0.25, 0.3) is 0 Å². The van der Waals surface area contributed by atoms with Crippen LogP contribution in [0.1, 0.15) is 44.9 Å². The van der Waals surface area contributed by atoms with Crippen molar-refractivity contribution in [2.75, 3.05) is 119 Å². The van der Waals surface area contributed by atoms with Gasteiger partial charge in [0.05, 0.1) is 119 Å². The van der Waals surface area contributed by atoms with Gasteiger partial charge < -0.3 is 57.7 Å². The first kappa shape index (κ1) is 41.7. The van der Waals surface area contributed by atoms with Crippen molar-refractivity contribution in [3.63, 3.8) is 0 Å². The molecule has 2 N–H and O–H groups in total. The lowest BCUT2D eigenvalue weighted by molar-refractivity contribution is -0.139. The molecular weight excluding hydrogens is 610 g/mol. The minimum absolute atomic E-state index is 0.0271. The van der Waals surface area contributed by atoms with Crippen LogP contribution in [-0.4, -0.2) is 158 Å². The molecule has 15 nitrogen and oxygen atoms in total. The van der Waals surface area contributed by atoms with Gasteiger partial charge in [-0.25, -0.2) is 4.79 Å². The van der Waals surface area contributed by atoms with Crippen LogP contribution in [0.3, 0.4) is 0 Å². The fourth-order valence-electron chi connectivity index (χ4n) is 3.95. The summed E-state index contributed by atoms with van der Waals surface area (Å²) in [5.74, 6) is -1.79. The molecule has 1 aliphatic carbocycles. The molecule has 1 unspecified atom stereocenters. The number of rotatable bonds is 31.